The maximum Gasteiger partial charge on any atom is 0.227 e. The lowest BCUT2D eigenvalue weighted by Crippen LogP contribution is -2.45. The van der Waals surface area contributed by atoms with E-state index >= 15 is 0 Å². The van der Waals surface area contributed by atoms with E-state index in [4.69, 9.17) is 5.73 Å². The van der Waals surface area contributed by atoms with Crippen molar-refractivity contribution in [1.82, 2.24) is 9.80 Å². The van der Waals surface area contributed by atoms with E-state index in [0.29, 0.717) is 25.4 Å². The van der Waals surface area contributed by atoms with Gasteiger partial charge in [0.1, 0.15) is 0 Å². The Morgan fingerprint density at radius 3 is 2.48 bits per heavy atom. The van der Waals surface area contributed by atoms with Crippen LogP contribution in [0.15, 0.2) is 30.3 Å². The van der Waals surface area contributed by atoms with Gasteiger partial charge in [-0.2, -0.15) is 0 Å². The summed E-state index contributed by atoms with van der Waals surface area (Å²) in [6.07, 6.45) is 2.29. The molecule has 2 heterocycles. The number of likely N-dealkylation sites (tertiary alicyclic amines) is 2. The first kappa shape index (κ1) is 19.7. The Morgan fingerprint density at radius 2 is 1.88 bits per heavy atom. The highest BCUT2D eigenvalue weighted by Crippen LogP contribution is 2.25. The zero-order valence-electron chi connectivity index (χ0n) is 14.8. The van der Waals surface area contributed by atoms with Crippen LogP contribution in [0.4, 0.5) is 0 Å². The Labute approximate surface area is 155 Å². The van der Waals surface area contributed by atoms with Crippen molar-refractivity contribution in [3.8, 4) is 0 Å². The smallest absolute Gasteiger partial charge is 0.227 e. The standard InChI is InChI=1S/C19H27N3O2.ClH/c1-14(20)16-7-9-21(10-8-16)19(24)17-11-18(23)22(13-17)12-15-5-3-2-4-6-15;/h2-6,14,16-17H,7-13,20H2,1H3;1H. The summed E-state index contributed by atoms with van der Waals surface area (Å²) >= 11 is 0. The monoisotopic (exact) mass is 365 g/mol. The zero-order chi connectivity index (χ0) is 17.1. The second-order valence-corrected chi connectivity index (χ2v) is 7.18. The highest BCUT2D eigenvalue weighted by Gasteiger charge is 2.37. The van der Waals surface area contributed by atoms with Gasteiger partial charge in [0.25, 0.3) is 0 Å². The zero-order valence-corrected chi connectivity index (χ0v) is 15.6. The summed E-state index contributed by atoms with van der Waals surface area (Å²) in [6, 6.07) is 10.1. The van der Waals surface area contributed by atoms with Crippen molar-refractivity contribution in [3.05, 3.63) is 35.9 Å². The molecule has 0 aliphatic carbocycles. The molecule has 2 atom stereocenters. The number of hydrogen-bond donors (Lipinski definition) is 1. The average Bonchev–Trinajstić information content (AvgIpc) is 2.96. The van der Waals surface area contributed by atoms with Gasteiger partial charge in [0.2, 0.25) is 11.8 Å². The van der Waals surface area contributed by atoms with Crippen LogP contribution in [0.5, 0.6) is 0 Å². The Kier molecular flexibility index (Phi) is 6.85. The highest BCUT2D eigenvalue weighted by atomic mass is 35.5. The van der Waals surface area contributed by atoms with Crippen LogP contribution >= 0.6 is 12.4 Å². The molecule has 0 spiro atoms. The number of carbonyl (C=O) groups is 2. The quantitative estimate of drug-likeness (QED) is 0.887. The number of carbonyl (C=O) groups excluding carboxylic acids is 2. The van der Waals surface area contributed by atoms with Crippen LogP contribution in [0.25, 0.3) is 0 Å². The first-order valence-electron chi connectivity index (χ1n) is 8.90. The molecule has 2 N–H and O–H groups in total. The van der Waals surface area contributed by atoms with Crippen LogP contribution in [-0.2, 0) is 16.1 Å². The van der Waals surface area contributed by atoms with Gasteiger partial charge in [-0.1, -0.05) is 30.3 Å². The molecule has 2 aliphatic rings. The van der Waals surface area contributed by atoms with Gasteiger partial charge < -0.3 is 15.5 Å². The van der Waals surface area contributed by atoms with E-state index in [1.54, 1.807) is 0 Å². The van der Waals surface area contributed by atoms with Crippen molar-refractivity contribution in [2.75, 3.05) is 19.6 Å². The SMILES string of the molecule is CC(N)C1CCN(C(=O)C2CC(=O)N(Cc3ccccc3)C2)CC1.Cl. The number of amides is 2. The van der Waals surface area contributed by atoms with E-state index in [0.717, 1.165) is 31.5 Å². The van der Waals surface area contributed by atoms with Crippen LogP contribution in [0, 0.1) is 11.8 Å². The molecule has 25 heavy (non-hydrogen) atoms. The van der Waals surface area contributed by atoms with Gasteiger partial charge in [-0.15, -0.1) is 12.4 Å². The molecule has 0 aromatic heterocycles. The molecule has 3 rings (SSSR count). The summed E-state index contributed by atoms with van der Waals surface area (Å²) in [4.78, 5) is 28.7. The van der Waals surface area contributed by atoms with Gasteiger partial charge in [-0.05, 0) is 31.2 Å². The van der Waals surface area contributed by atoms with Crippen LogP contribution in [0.1, 0.15) is 31.7 Å². The Bertz CT molecular complexity index is 586. The molecule has 0 saturated carbocycles. The van der Waals surface area contributed by atoms with Gasteiger partial charge >= 0.3 is 0 Å². The lowest BCUT2D eigenvalue weighted by Gasteiger charge is -2.35. The number of halogens is 1. The summed E-state index contributed by atoms with van der Waals surface area (Å²) < 4.78 is 0. The van der Waals surface area contributed by atoms with E-state index < -0.39 is 0 Å². The molecule has 2 aliphatic heterocycles. The van der Waals surface area contributed by atoms with E-state index in [9.17, 15) is 9.59 Å². The predicted octanol–water partition coefficient (Wildman–Crippen LogP) is 2.04. The third-order valence-electron chi connectivity index (χ3n) is 5.37. The maximum atomic E-state index is 12.7. The van der Waals surface area contributed by atoms with E-state index in [1.165, 1.54) is 0 Å². The maximum absolute atomic E-state index is 12.7. The summed E-state index contributed by atoms with van der Waals surface area (Å²) in [6.45, 7) is 4.72. The van der Waals surface area contributed by atoms with Crippen molar-refractivity contribution in [3.63, 3.8) is 0 Å². The van der Waals surface area contributed by atoms with Crippen molar-refractivity contribution in [1.29, 1.82) is 0 Å². The van der Waals surface area contributed by atoms with Crippen LogP contribution in [-0.4, -0.2) is 47.3 Å². The van der Waals surface area contributed by atoms with Gasteiger partial charge in [0.15, 0.2) is 0 Å². The third kappa shape index (κ3) is 4.73. The van der Waals surface area contributed by atoms with Crippen molar-refractivity contribution in [2.24, 2.45) is 17.6 Å². The minimum Gasteiger partial charge on any atom is -0.342 e. The second-order valence-electron chi connectivity index (χ2n) is 7.18. The van der Waals surface area contributed by atoms with E-state index in [2.05, 4.69) is 0 Å². The largest absolute Gasteiger partial charge is 0.342 e. The van der Waals surface area contributed by atoms with E-state index in [1.807, 2.05) is 47.1 Å². The molecule has 1 aromatic rings. The fourth-order valence-electron chi connectivity index (χ4n) is 3.80. The first-order chi connectivity index (χ1) is 11.5. The van der Waals surface area contributed by atoms with Crippen molar-refractivity contribution < 1.29 is 9.59 Å². The van der Waals surface area contributed by atoms with E-state index in [-0.39, 0.29) is 36.2 Å². The van der Waals surface area contributed by atoms with Crippen LogP contribution in [0.3, 0.4) is 0 Å². The molecule has 5 nitrogen and oxygen atoms in total. The fraction of sp³-hybridized carbons (Fsp3) is 0.579. The second kappa shape index (κ2) is 8.68. The molecule has 2 amide bonds. The summed E-state index contributed by atoms with van der Waals surface area (Å²) in [5, 5.41) is 0. The molecular formula is C19H28ClN3O2. The van der Waals surface area contributed by atoms with Gasteiger partial charge in [-0.25, -0.2) is 0 Å². The molecule has 138 valence electrons. The Hall–Kier alpha value is -1.59. The number of nitrogens with zero attached hydrogens (tertiary/aromatic N) is 2. The van der Waals surface area contributed by atoms with Gasteiger partial charge in [-0.3, -0.25) is 9.59 Å². The topological polar surface area (TPSA) is 66.6 Å². The first-order valence-corrected chi connectivity index (χ1v) is 8.90. The lowest BCUT2D eigenvalue weighted by molar-refractivity contribution is -0.137. The van der Waals surface area contributed by atoms with Gasteiger partial charge in [0, 0.05) is 38.6 Å². The molecule has 2 saturated heterocycles. The third-order valence-corrected chi connectivity index (χ3v) is 5.37. The van der Waals surface area contributed by atoms with Gasteiger partial charge in [0.05, 0.1) is 5.92 Å². The van der Waals surface area contributed by atoms with Crippen molar-refractivity contribution >= 4 is 24.2 Å². The summed E-state index contributed by atoms with van der Waals surface area (Å²) in [7, 11) is 0. The highest BCUT2D eigenvalue weighted by molar-refractivity contribution is 5.89. The summed E-state index contributed by atoms with van der Waals surface area (Å²) in [5.41, 5.74) is 7.07. The van der Waals surface area contributed by atoms with Crippen molar-refractivity contribution in [2.45, 2.75) is 38.8 Å². The molecule has 6 heteroatoms. The lowest BCUT2D eigenvalue weighted by atomic mass is 9.90. The number of benzene rings is 1. The Morgan fingerprint density at radius 1 is 1.24 bits per heavy atom. The predicted molar refractivity (Wildman–Crippen MR) is 100 cm³/mol. The average molecular weight is 366 g/mol. The minimum absolute atomic E-state index is 0. The molecule has 2 fully saturated rings. The summed E-state index contributed by atoms with van der Waals surface area (Å²) in [5.74, 6) is 0.548. The molecule has 0 radical (unpaired) electrons. The Balaban J connectivity index is 0.00000225. The van der Waals surface area contributed by atoms with Crippen LogP contribution in [0.2, 0.25) is 0 Å². The molecule has 1 aromatic carbocycles. The minimum atomic E-state index is -0.187. The molecular weight excluding hydrogens is 338 g/mol. The van der Waals surface area contributed by atoms with Crippen LogP contribution < -0.4 is 5.73 Å². The number of rotatable bonds is 4. The normalized spacial score (nSPS) is 22.6. The number of nitrogens with two attached hydrogens (primary N) is 1. The fourth-order valence-corrected chi connectivity index (χ4v) is 3.80. The molecule has 0 bridgehead atoms. The number of piperidine rings is 1. The number of hydrogen-bond acceptors (Lipinski definition) is 3. The molecule has 2 unspecified atom stereocenters.